The van der Waals surface area contributed by atoms with Crippen molar-refractivity contribution in [2.75, 3.05) is 36.4 Å². The molecule has 1 unspecified atom stereocenters. The normalized spacial score (nSPS) is 18.9. The summed E-state index contributed by atoms with van der Waals surface area (Å²) in [6.07, 6.45) is -0.719. The van der Waals surface area contributed by atoms with E-state index in [1.54, 1.807) is 12.1 Å². The predicted octanol–water partition coefficient (Wildman–Crippen LogP) is 2.74. The second-order valence-electron chi connectivity index (χ2n) is 7.45. The van der Waals surface area contributed by atoms with E-state index in [4.69, 9.17) is 4.74 Å². The Kier molecular flexibility index (Phi) is 4.94. The van der Waals surface area contributed by atoms with Crippen molar-refractivity contribution in [1.82, 2.24) is 4.90 Å². The molecule has 146 valence electrons. The fourth-order valence-electron chi connectivity index (χ4n) is 3.77. The van der Waals surface area contributed by atoms with Gasteiger partial charge in [0.05, 0.1) is 12.1 Å². The lowest BCUT2D eigenvalue weighted by atomic mass is 10.1. The Labute approximate surface area is 165 Å². The number of hydrogen-bond acceptors (Lipinski definition) is 4. The van der Waals surface area contributed by atoms with E-state index < -0.39 is 6.10 Å². The summed E-state index contributed by atoms with van der Waals surface area (Å²) in [4.78, 5) is 29.2. The van der Waals surface area contributed by atoms with Gasteiger partial charge in [0.15, 0.2) is 6.10 Å². The van der Waals surface area contributed by atoms with E-state index >= 15 is 0 Å². The molecule has 4 rings (SSSR count). The van der Waals surface area contributed by atoms with Gasteiger partial charge in [-0.15, -0.1) is 0 Å². The number of ether oxygens (including phenoxy) is 1. The summed E-state index contributed by atoms with van der Waals surface area (Å²) in [6, 6.07) is 13.7. The van der Waals surface area contributed by atoms with Crippen LogP contribution in [0, 0.1) is 13.8 Å². The van der Waals surface area contributed by atoms with Crippen LogP contribution in [0.25, 0.3) is 0 Å². The Morgan fingerprint density at radius 3 is 2.64 bits per heavy atom. The van der Waals surface area contributed by atoms with E-state index in [0.29, 0.717) is 24.5 Å². The third-order valence-corrected chi connectivity index (χ3v) is 5.40. The van der Waals surface area contributed by atoms with Crippen LogP contribution < -0.4 is 15.0 Å². The number of piperazine rings is 1. The largest absolute Gasteiger partial charge is 0.478 e. The fourth-order valence-corrected chi connectivity index (χ4v) is 3.77. The second-order valence-corrected chi connectivity index (χ2v) is 7.45. The maximum atomic E-state index is 12.7. The lowest BCUT2D eigenvalue weighted by Gasteiger charge is -2.37. The molecule has 0 spiro atoms. The second kappa shape index (κ2) is 7.54. The topological polar surface area (TPSA) is 61.9 Å². The molecule has 0 saturated carbocycles. The zero-order valence-corrected chi connectivity index (χ0v) is 16.3. The number of carbonyl (C=O) groups excluding carboxylic acids is 2. The van der Waals surface area contributed by atoms with Crippen molar-refractivity contribution in [2.45, 2.75) is 26.4 Å². The minimum atomic E-state index is -0.778. The average molecular weight is 379 g/mol. The van der Waals surface area contributed by atoms with Gasteiger partial charge in [-0.2, -0.15) is 0 Å². The van der Waals surface area contributed by atoms with Crippen LogP contribution in [0.1, 0.15) is 17.5 Å². The zero-order valence-electron chi connectivity index (χ0n) is 16.3. The van der Waals surface area contributed by atoms with Gasteiger partial charge in [0.1, 0.15) is 5.75 Å². The number of nitrogens with zero attached hydrogens (tertiary/aromatic N) is 2. The number of carbonyl (C=O) groups is 2. The van der Waals surface area contributed by atoms with Crippen LogP contribution in [0.3, 0.4) is 0 Å². The summed E-state index contributed by atoms with van der Waals surface area (Å²) >= 11 is 0. The summed E-state index contributed by atoms with van der Waals surface area (Å²) in [5.74, 6) is 0.306. The summed E-state index contributed by atoms with van der Waals surface area (Å²) in [6.45, 7) is 7.08. The highest BCUT2D eigenvalue weighted by atomic mass is 16.5. The number of rotatable bonds is 3. The van der Waals surface area contributed by atoms with Crippen LogP contribution in [0.5, 0.6) is 5.75 Å². The quantitative estimate of drug-likeness (QED) is 0.891. The molecule has 0 aromatic heterocycles. The molecule has 6 heteroatoms. The minimum absolute atomic E-state index is 0.0415. The molecule has 1 fully saturated rings. The molecule has 6 nitrogen and oxygen atoms in total. The standard InChI is InChI=1S/C22H25N3O3/c1-15-7-8-16(2)18(13-15)24-9-11-25(12-10-24)21(26)14-20-22(27)23-17-5-3-4-6-19(17)28-20/h3-8,13,20H,9-12,14H2,1-2H3,(H,23,27). The van der Waals surface area contributed by atoms with Gasteiger partial charge >= 0.3 is 0 Å². The number of aryl methyl sites for hydroxylation is 2. The maximum absolute atomic E-state index is 12.7. The molecule has 0 aliphatic carbocycles. The van der Waals surface area contributed by atoms with Gasteiger partial charge in [0.2, 0.25) is 5.91 Å². The number of anilines is 2. The first kappa shape index (κ1) is 18.3. The molecule has 2 aliphatic heterocycles. The molecule has 1 atom stereocenters. The van der Waals surface area contributed by atoms with Crippen LogP contribution >= 0.6 is 0 Å². The molecule has 28 heavy (non-hydrogen) atoms. The van der Waals surface area contributed by atoms with Crippen LogP contribution in [-0.2, 0) is 9.59 Å². The Morgan fingerprint density at radius 2 is 1.86 bits per heavy atom. The lowest BCUT2D eigenvalue weighted by Crippen LogP contribution is -2.50. The van der Waals surface area contributed by atoms with E-state index in [-0.39, 0.29) is 18.2 Å². The number of para-hydroxylation sites is 2. The highest BCUT2D eigenvalue weighted by Gasteiger charge is 2.32. The highest BCUT2D eigenvalue weighted by molar-refractivity contribution is 5.99. The van der Waals surface area contributed by atoms with E-state index in [9.17, 15) is 9.59 Å². The summed E-state index contributed by atoms with van der Waals surface area (Å²) in [5.41, 5.74) is 4.37. The van der Waals surface area contributed by atoms with E-state index in [1.165, 1.54) is 16.8 Å². The van der Waals surface area contributed by atoms with Gasteiger partial charge in [-0.1, -0.05) is 24.3 Å². The van der Waals surface area contributed by atoms with Crippen molar-refractivity contribution in [3.8, 4) is 5.75 Å². The van der Waals surface area contributed by atoms with Crippen molar-refractivity contribution in [3.63, 3.8) is 0 Å². The number of nitrogens with one attached hydrogen (secondary N) is 1. The number of benzene rings is 2. The minimum Gasteiger partial charge on any atom is -0.478 e. The molecule has 2 aromatic rings. The van der Waals surface area contributed by atoms with Crippen molar-refractivity contribution in [3.05, 3.63) is 53.6 Å². The van der Waals surface area contributed by atoms with Crippen molar-refractivity contribution < 1.29 is 14.3 Å². The molecule has 1 N–H and O–H groups in total. The van der Waals surface area contributed by atoms with E-state index in [1.807, 2.05) is 17.0 Å². The van der Waals surface area contributed by atoms with Gasteiger partial charge in [-0.25, -0.2) is 0 Å². The fraction of sp³-hybridized carbons (Fsp3) is 0.364. The molecule has 2 amide bonds. The molecular formula is C22H25N3O3. The zero-order chi connectivity index (χ0) is 19.7. The predicted molar refractivity (Wildman–Crippen MR) is 109 cm³/mol. The molecule has 2 aromatic carbocycles. The van der Waals surface area contributed by atoms with Gasteiger partial charge in [0.25, 0.3) is 5.91 Å². The third kappa shape index (κ3) is 3.67. The molecule has 0 radical (unpaired) electrons. The first-order valence-corrected chi connectivity index (χ1v) is 9.68. The molecule has 2 heterocycles. The monoisotopic (exact) mass is 379 g/mol. The Hall–Kier alpha value is -3.02. The molecular weight excluding hydrogens is 354 g/mol. The third-order valence-electron chi connectivity index (χ3n) is 5.40. The Bertz CT molecular complexity index is 904. The molecule has 2 aliphatic rings. The summed E-state index contributed by atoms with van der Waals surface area (Å²) < 4.78 is 5.76. The van der Waals surface area contributed by atoms with Crippen LogP contribution in [0.4, 0.5) is 11.4 Å². The van der Waals surface area contributed by atoms with Crippen molar-refractivity contribution in [1.29, 1.82) is 0 Å². The SMILES string of the molecule is Cc1ccc(C)c(N2CCN(C(=O)CC3Oc4ccccc4NC3=O)CC2)c1. The van der Waals surface area contributed by atoms with Crippen LogP contribution in [-0.4, -0.2) is 49.0 Å². The van der Waals surface area contributed by atoms with Crippen molar-refractivity contribution in [2.24, 2.45) is 0 Å². The molecule has 1 saturated heterocycles. The van der Waals surface area contributed by atoms with Gasteiger partial charge in [0, 0.05) is 31.9 Å². The number of amides is 2. The van der Waals surface area contributed by atoms with E-state index in [0.717, 1.165) is 13.1 Å². The number of hydrogen-bond donors (Lipinski definition) is 1. The average Bonchev–Trinajstić information content (AvgIpc) is 2.70. The maximum Gasteiger partial charge on any atom is 0.266 e. The summed E-state index contributed by atoms with van der Waals surface area (Å²) in [7, 11) is 0. The van der Waals surface area contributed by atoms with Gasteiger partial charge in [-0.05, 0) is 43.2 Å². The summed E-state index contributed by atoms with van der Waals surface area (Å²) in [5, 5.41) is 2.82. The smallest absolute Gasteiger partial charge is 0.266 e. The highest BCUT2D eigenvalue weighted by Crippen LogP contribution is 2.30. The van der Waals surface area contributed by atoms with E-state index in [2.05, 4.69) is 42.3 Å². The van der Waals surface area contributed by atoms with Gasteiger partial charge in [-0.3, -0.25) is 9.59 Å². The van der Waals surface area contributed by atoms with Crippen LogP contribution in [0.15, 0.2) is 42.5 Å². The lowest BCUT2D eigenvalue weighted by molar-refractivity contribution is -0.137. The first-order chi connectivity index (χ1) is 13.5. The number of fused-ring (bicyclic) bond motifs is 1. The Balaban J connectivity index is 1.36. The van der Waals surface area contributed by atoms with Crippen LogP contribution in [0.2, 0.25) is 0 Å². The van der Waals surface area contributed by atoms with Gasteiger partial charge < -0.3 is 19.9 Å². The Morgan fingerprint density at radius 1 is 1.11 bits per heavy atom. The first-order valence-electron chi connectivity index (χ1n) is 9.68. The van der Waals surface area contributed by atoms with Crippen molar-refractivity contribution >= 4 is 23.2 Å². The molecule has 0 bridgehead atoms.